The van der Waals surface area contributed by atoms with Crippen molar-refractivity contribution in [3.8, 4) is 11.8 Å². The second-order valence-electron chi connectivity index (χ2n) is 4.70. The SMILES string of the molecule is Cc1occc1CN(C)CCOc1ccccc1C#N. The average molecular weight is 270 g/mol. The zero-order valence-corrected chi connectivity index (χ0v) is 11.8. The van der Waals surface area contributed by atoms with Gasteiger partial charge in [-0.2, -0.15) is 5.26 Å². The summed E-state index contributed by atoms with van der Waals surface area (Å²) in [4.78, 5) is 2.16. The van der Waals surface area contributed by atoms with E-state index in [4.69, 9.17) is 14.4 Å². The van der Waals surface area contributed by atoms with Crippen LogP contribution in [0.3, 0.4) is 0 Å². The van der Waals surface area contributed by atoms with Crippen molar-refractivity contribution in [2.24, 2.45) is 0 Å². The number of furan rings is 1. The third-order valence-corrected chi connectivity index (χ3v) is 3.14. The van der Waals surface area contributed by atoms with E-state index in [-0.39, 0.29) is 0 Å². The molecule has 0 aliphatic rings. The van der Waals surface area contributed by atoms with Gasteiger partial charge in [0, 0.05) is 18.7 Å². The van der Waals surface area contributed by atoms with Gasteiger partial charge in [-0.1, -0.05) is 12.1 Å². The van der Waals surface area contributed by atoms with Crippen LogP contribution in [0.2, 0.25) is 0 Å². The molecule has 0 aliphatic carbocycles. The normalized spacial score (nSPS) is 10.5. The molecule has 1 aromatic heterocycles. The standard InChI is InChI=1S/C16H18N2O2/c1-13-15(7-9-19-13)12-18(2)8-10-20-16-6-4-3-5-14(16)11-17/h3-7,9H,8,10,12H2,1-2H3. The van der Waals surface area contributed by atoms with Crippen LogP contribution in [0.1, 0.15) is 16.9 Å². The summed E-state index contributed by atoms with van der Waals surface area (Å²) in [5.41, 5.74) is 1.76. The molecule has 0 fully saturated rings. The molecule has 2 aromatic rings. The van der Waals surface area contributed by atoms with E-state index in [1.54, 1.807) is 12.3 Å². The first kappa shape index (κ1) is 14.2. The molecular weight excluding hydrogens is 252 g/mol. The number of ether oxygens (including phenoxy) is 1. The minimum Gasteiger partial charge on any atom is -0.491 e. The summed E-state index contributed by atoms with van der Waals surface area (Å²) in [6, 6.07) is 11.4. The Morgan fingerprint density at radius 2 is 2.10 bits per heavy atom. The van der Waals surface area contributed by atoms with Gasteiger partial charge in [0.25, 0.3) is 0 Å². The number of hydrogen-bond acceptors (Lipinski definition) is 4. The van der Waals surface area contributed by atoms with Crippen molar-refractivity contribution >= 4 is 0 Å². The predicted octanol–water partition coefficient (Wildman–Crippen LogP) is 2.97. The van der Waals surface area contributed by atoms with Crippen LogP contribution < -0.4 is 4.74 Å². The van der Waals surface area contributed by atoms with E-state index in [0.29, 0.717) is 17.9 Å². The van der Waals surface area contributed by atoms with Crippen molar-refractivity contribution in [1.29, 1.82) is 5.26 Å². The summed E-state index contributed by atoms with van der Waals surface area (Å²) < 4.78 is 10.9. The van der Waals surface area contributed by atoms with Crippen molar-refractivity contribution < 1.29 is 9.15 Å². The molecule has 2 rings (SSSR count). The van der Waals surface area contributed by atoms with Crippen LogP contribution >= 0.6 is 0 Å². The number of nitrogens with zero attached hydrogens (tertiary/aromatic N) is 2. The van der Waals surface area contributed by atoms with Crippen molar-refractivity contribution in [2.45, 2.75) is 13.5 Å². The second kappa shape index (κ2) is 6.78. The highest BCUT2D eigenvalue weighted by Crippen LogP contribution is 2.16. The van der Waals surface area contributed by atoms with Crippen LogP contribution in [0.5, 0.6) is 5.75 Å². The van der Waals surface area contributed by atoms with Gasteiger partial charge >= 0.3 is 0 Å². The minimum atomic E-state index is 0.548. The van der Waals surface area contributed by atoms with Gasteiger partial charge in [0.1, 0.15) is 24.2 Å². The number of benzene rings is 1. The fourth-order valence-electron chi connectivity index (χ4n) is 1.94. The van der Waals surface area contributed by atoms with E-state index in [1.807, 2.05) is 38.2 Å². The van der Waals surface area contributed by atoms with Gasteiger partial charge in [-0.05, 0) is 32.2 Å². The van der Waals surface area contributed by atoms with Crippen molar-refractivity contribution in [3.05, 3.63) is 53.5 Å². The molecule has 104 valence electrons. The van der Waals surface area contributed by atoms with Gasteiger partial charge in [-0.3, -0.25) is 4.90 Å². The quantitative estimate of drug-likeness (QED) is 0.809. The van der Waals surface area contributed by atoms with E-state index < -0.39 is 0 Å². The molecule has 0 spiro atoms. The van der Waals surface area contributed by atoms with Crippen molar-refractivity contribution in [2.75, 3.05) is 20.2 Å². The summed E-state index contributed by atoms with van der Waals surface area (Å²) in [5.74, 6) is 1.59. The Bertz CT molecular complexity index is 599. The highest BCUT2D eigenvalue weighted by molar-refractivity contribution is 5.42. The van der Waals surface area contributed by atoms with E-state index in [0.717, 1.165) is 18.8 Å². The Balaban J connectivity index is 1.81. The summed E-state index contributed by atoms with van der Waals surface area (Å²) in [6.45, 7) is 4.12. The number of nitriles is 1. The summed E-state index contributed by atoms with van der Waals surface area (Å²) in [7, 11) is 2.03. The van der Waals surface area contributed by atoms with Gasteiger partial charge in [0.15, 0.2) is 0 Å². The Hall–Kier alpha value is -2.25. The molecule has 1 aromatic carbocycles. The minimum absolute atomic E-state index is 0.548. The molecule has 0 unspecified atom stereocenters. The molecule has 0 radical (unpaired) electrons. The maximum absolute atomic E-state index is 8.98. The second-order valence-corrected chi connectivity index (χ2v) is 4.70. The van der Waals surface area contributed by atoms with E-state index in [2.05, 4.69) is 11.0 Å². The molecule has 0 amide bonds. The lowest BCUT2D eigenvalue weighted by Crippen LogP contribution is -2.24. The van der Waals surface area contributed by atoms with Crippen LogP contribution in [-0.4, -0.2) is 25.1 Å². The van der Waals surface area contributed by atoms with E-state index >= 15 is 0 Å². The van der Waals surface area contributed by atoms with Crippen LogP contribution in [0.15, 0.2) is 41.0 Å². The van der Waals surface area contributed by atoms with Crippen molar-refractivity contribution in [1.82, 2.24) is 4.90 Å². The monoisotopic (exact) mass is 270 g/mol. The zero-order valence-electron chi connectivity index (χ0n) is 11.8. The number of hydrogen-bond donors (Lipinski definition) is 0. The molecule has 20 heavy (non-hydrogen) atoms. The number of rotatable bonds is 6. The first-order valence-electron chi connectivity index (χ1n) is 6.54. The molecule has 0 saturated carbocycles. The van der Waals surface area contributed by atoms with Crippen LogP contribution in [-0.2, 0) is 6.54 Å². The smallest absolute Gasteiger partial charge is 0.137 e. The first-order chi connectivity index (χ1) is 9.70. The predicted molar refractivity (Wildman–Crippen MR) is 76.4 cm³/mol. The summed E-state index contributed by atoms with van der Waals surface area (Å²) in [5, 5.41) is 8.98. The zero-order chi connectivity index (χ0) is 14.4. The summed E-state index contributed by atoms with van der Waals surface area (Å²) >= 11 is 0. The average Bonchev–Trinajstić information content (AvgIpc) is 2.85. The topological polar surface area (TPSA) is 49.4 Å². The molecule has 4 heteroatoms. The molecule has 1 heterocycles. The van der Waals surface area contributed by atoms with Gasteiger partial charge in [0.05, 0.1) is 11.8 Å². The number of likely N-dealkylation sites (N-methyl/N-ethyl adjacent to an activating group) is 1. The maximum Gasteiger partial charge on any atom is 0.137 e. The molecule has 0 N–H and O–H groups in total. The van der Waals surface area contributed by atoms with Crippen LogP contribution in [0.4, 0.5) is 0 Å². The lowest BCUT2D eigenvalue weighted by molar-refractivity contribution is 0.231. The number of para-hydroxylation sites is 1. The third-order valence-electron chi connectivity index (χ3n) is 3.14. The molecule has 0 saturated heterocycles. The largest absolute Gasteiger partial charge is 0.491 e. The fourth-order valence-corrected chi connectivity index (χ4v) is 1.94. The van der Waals surface area contributed by atoms with Gasteiger partial charge in [-0.25, -0.2) is 0 Å². The van der Waals surface area contributed by atoms with Gasteiger partial charge in [0.2, 0.25) is 0 Å². The Kier molecular flexibility index (Phi) is 4.80. The lowest BCUT2D eigenvalue weighted by Gasteiger charge is -2.16. The Morgan fingerprint density at radius 3 is 2.80 bits per heavy atom. The molecule has 0 atom stereocenters. The third kappa shape index (κ3) is 3.62. The summed E-state index contributed by atoms with van der Waals surface area (Å²) in [6.07, 6.45) is 1.71. The van der Waals surface area contributed by atoms with Crippen molar-refractivity contribution in [3.63, 3.8) is 0 Å². The van der Waals surface area contributed by atoms with Crippen LogP contribution in [0.25, 0.3) is 0 Å². The Morgan fingerprint density at radius 1 is 1.30 bits per heavy atom. The highest BCUT2D eigenvalue weighted by Gasteiger charge is 2.06. The van der Waals surface area contributed by atoms with Gasteiger partial charge in [-0.15, -0.1) is 0 Å². The van der Waals surface area contributed by atoms with Gasteiger partial charge < -0.3 is 9.15 Å². The molecule has 0 aliphatic heterocycles. The number of aryl methyl sites for hydroxylation is 1. The highest BCUT2D eigenvalue weighted by atomic mass is 16.5. The van der Waals surface area contributed by atoms with E-state index in [1.165, 1.54) is 5.56 Å². The van der Waals surface area contributed by atoms with E-state index in [9.17, 15) is 0 Å². The Labute approximate surface area is 119 Å². The first-order valence-corrected chi connectivity index (χ1v) is 6.54. The lowest BCUT2D eigenvalue weighted by atomic mass is 10.2. The maximum atomic E-state index is 8.98. The molecule has 0 bridgehead atoms. The molecule has 4 nitrogen and oxygen atoms in total. The molecular formula is C16H18N2O2. The fraction of sp³-hybridized carbons (Fsp3) is 0.312. The van der Waals surface area contributed by atoms with Crippen LogP contribution in [0, 0.1) is 18.3 Å².